The molecule has 0 amide bonds. The number of aromatic nitrogens is 1. The van der Waals surface area contributed by atoms with Gasteiger partial charge in [0.15, 0.2) is 0 Å². The van der Waals surface area contributed by atoms with Crippen molar-refractivity contribution in [1.29, 1.82) is 0 Å². The molecule has 4 nitrogen and oxygen atoms in total. The van der Waals surface area contributed by atoms with Gasteiger partial charge >= 0.3 is 0 Å². The molecule has 0 radical (unpaired) electrons. The second-order valence-corrected chi connectivity index (χ2v) is 9.02. The SMILES string of the molecule is O=S1CC2CC(CN(Cc3cccnc3N3CCCCC3)C2)C1. The predicted molar refractivity (Wildman–Crippen MR) is 95.1 cm³/mol. The first-order valence-electron chi connectivity index (χ1n) is 9.04. The molecule has 1 aromatic rings. The van der Waals surface area contributed by atoms with E-state index in [9.17, 15) is 4.21 Å². The molecule has 1 aromatic heterocycles. The molecule has 3 aliphatic rings. The first-order chi connectivity index (χ1) is 11.3. The Morgan fingerprint density at radius 3 is 2.61 bits per heavy atom. The molecule has 3 fully saturated rings. The second kappa shape index (κ2) is 6.89. The quantitative estimate of drug-likeness (QED) is 0.850. The topological polar surface area (TPSA) is 36.4 Å². The Morgan fingerprint density at radius 2 is 1.87 bits per heavy atom. The molecule has 0 N–H and O–H groups in total. The molecule has 4 rings (SSSR count). The van der Waals surface area contributed by atoms with Crippen LogP contribution in [0.5, 0.6) is 0 Å². The van der Waals surface area contributed by atoms with Crippen LogP contribution in [0.2, 0.25) is 0 Å². The maximum Gasteiger partial charge on any atom is 0.133 e. The standard InChI is InChI=1S/C18H27N3OS/c22-23-13-15-9-16(14-23)11-20(10-15)12-17-5-4-6-19-18(17)21-7-2-1-3-8-21/h4-6,15-16H,1-3,7-14H2. The average molecular weight is 334 g/mol. The van der Waals surface area contributed by atoms with Gasteiger partial charge in [-0.1, -0.05) is 6.07 Å². The first-order valence-corrected chi connectivity index (χ1v) is 10.5. The van der Waals surface area contributed by atoms with Crippen molar-refractivity contribution in [3.63, 3.8) is 0 Å². The molecule has 0 saturated carbocycles. The third kappa shape index (κ3) is 3.61. The van der Waals surface area contributed by atoms with Crippen molar-refractivity contribution >= 4 is 16.6 Å². The monoisotopic (exact) mass is 333 g/mol. The Morgan fingerprint density at radius 1 is 1.13 bits per heavy atom. The Labute approximate surface area is 141 Å². The van der Waals surface area contributed by atoms with Gasteiger partial charge in [0.1, 0.15) is 5.82 Å². The number of rotatable bonds is 3. The lowest BCUT2D eigenvalue weighted by atomic mass is 9.91. The van der Waals surface area contributed by atoms with Gasteiger partial charge in [-0.15, -0.1) is 0 Å². The number of likely N-dealkylation sites (tertiary alicyclic amines) is 1. The summed E-state index contributed by atoms with van der Waals surface area (Å²) in [5.74, 6) is 4.31. The van der Waals surface area contributed by atoms with Crippen LogP contribution in [0.15, 0.2) is 18.3 Å². The zero-order chi connectivity index (χ0) is 15.6. The zero-order valence-electron chi connectivity index (χ0n) is 13.8. The van der Waals surface area contributed by atoms with E-state index in [1.807, 2.05) is 6.20 Å². The van der Waals surface area contributed by atoms with Crippen LogP contribution >= 0.6 is 0 Å². The highest BCUT2D eigenvalue weighted by molar-refractivity contribution is 7.85. The molecule has 3 aliphatic heterocycles. The van der Waals surface area contributed by atoms with Crippen molar-refractivity contribution < 1.29 is 4.21 Å². The van der Waals surface area contributed by atoms with Crippen LogP contribution < -0.4 is 4.90 Å². The number of pyridine rings is 1. The predicted octanol–water partition coefficient (Wildman–Crippen LogP) is 2.27. The van der Waals surface area contributed by atoms with E-state index in [0.29, 0.717) is 11.8 Å². The highest BCUT2D eigenvalue weighted by Gasteiger charge is 2.34. The summed E-state index contributed by atoms with van der Waals surface area (Å²) < 4.78 is 11.9. The Bertz CT molecular complexity index is 557. The van der Waals surface area contributed by atoms with Gasteiger partial charge in [-0.2, -0.15) is 0 Å². The maximum atomic E-state index is 11.9. The Kier molecular flexibility index (Phi) is 4.67. The van der Waals surface area contributed by atoms with E-state index in [0.717, 1.165) is 44.2 Å². The molecule has 4 heterocycles. The Hall–Kier alpha value is -0.940. The van der Waals surface area contributed by atoms with Crippen LogP contribution in [0.25, 0.3) is 0 Å². The van der Waals surface area contributed by atoms with Crippen LogP contribution in [-0.4, -0.2) is 51.8 Å². The fourth-order valence-electron chi connectivity index (χ4n) is 4.57. The van der Waals surface area contributed by atoms with Gasteiger partial charge in [-0.25, -0.2) is 4.98 Å². The fourth-order valence-corrected chi connectivity index (χ4v) is 6.25. The number of fused-ring (bicyclic) bond motifs is 2. The smallest absolute Gasteiger partial charge is 0.133 e. The van der Waals surface area contributed by atoms with Crippen molar-refractivity contribution in [2.45, 2.75) is 32.2 Å². The fraction of sp³-hybridized carbons (Fsp3) is 0.722. The van der Waals surface area contributed by atoms with Crippen molar-refractivity contribution in [1.82, 2.24) is 9.88 Å². The van der Waals surface area contributed by atoms with E-state index < -0.39 is 10.8 Å². The lowest BCUT2D eigenvalue weighted by Gasteiger charge is -2.41. The molecule has 23 heavy (non-hydrogen) atoms. The maximum absolute atomic E-state index is 11.9. The molecule has 2 bridgehead atoms. The number of piperidine rings is 2. The van der Waals surface area contributed by atoms with E-state index in [1.165, 1.54) is 37.1 Å². The summed E-state index contributed by atoms with van der Waals surface area (Å²) in [4.78, 5) is 9.76. The summed E-state index contributed by atoms with van der Waals surface area (Å²) in [5.41, 5.74) is 1.37. The van der Waals surface area contributed by atoms with Crippen LogP contribution in [0.1, 0.15) is 31.2 Å². The molecule has 5 heteroatoms. The lowest BCUT2D eigenvalue weighted by molar-refractivity contribution is 0.132. The summed E-state index contributed by atoms with van der Waals surface area (Å²) in [5, 5.41) is 0. The summed E-state index contributed by atoms with van der Waals surface area (Å²) in [7, 11) is -0.566. The van der Waals surface area contributed by atoms with E-state index in [4.69, 9.17) is 4.98 Å². The van der Waals surface area contributed by atoms with Gasteiger partial charge < -0.3 is 4.90 Å². The van der Waals surface area contributed by atoms with Gasteiger partial charge in [0.2, 0.25) is 0 Å². The number of hydrogen-bond acceptors (Lipinski definition) is 4. The minimum absolute atomic E-state index is 0.566. The molecule has 0 aromatic carbocycles. The lowest BCUT2D eigenvalue weighted by Crippen LogP contribution is -2.47. The highest BCUT2D eigenvalue weighted by Crippen LogP contribution is 2.30. The van der Waals surface area contributed by atoms with E-state index in [2.05, 4.69) is 21.9 Å². The van der Waals surface area contributed by atoms with Crippen LogP contribution in [-0.2, 0) is 17.3 Å². The number of hydrogen-bond donors (Lipinski definition) is 0. The van der Waals surface area contributed by atoms with E-state index in [1.54, 1.807) is 0 Å². The molecule has 0 spiro atoms. The normalized spacial score (nSPS) is 32.0. The molecule has 2 atom stereocenters. The van der Waals surface area contributed by atoms with Crippen molar-refractivity contribution in [2.24, 2.45) is 11.8 Å². The summed E-state index contributed by atoms with van der Waals surface area (Å²) in [6.07, 6.45) is 7.15. The average Bonchev–Trinajstić information content (AvgIpc) is 2.55. The van der Waals surface area contributed by atoms with Crippen molar-refractivity contribution in [3.8, 4) is 0 Å². The van der Waals surface area contributed by atoms with Gasteiger partial charge in [-0.05, 0) is 43.6 Å². The third-order valence-corrected chi connectivity index (χ3v) is 7.15. The first kappa shape index (κ1) is 15.6. The largest absolute Gasteiger partial charge is 0.356 e. The van der Waals surface area contributed by atoms with Gasteiger partial charge in [-0.3, -0.25) is 9.11 Å². The van der Waals surface area contributed by atoms with Crippen LogP contribution in [0, 0.1) is 11.8 Å². The number of nitrogens with zero attached hydrogens (tertiary/aromatic N) is 3. The molecular weight excluding hydrogens is 306 g/mol. The highest BCUT2D eigenvalue weighted by atomic mass is 32.2. The van der Waals surface area contributed by atoms with Crippen LogP contribution in [0.4, 0.5) is 5.82 Å². The molecule has 3 saturated heterocycles. The zero-order valence-corrected chi connectivity index (χ0v) is 14.6. The molecule has 126 valence electrons. The van der Waals surface area contributed by atoms with Gasteiger partial charge in [0, 0.05) is 66.8 Å². The number of anilines is 1. The summed E-state index contributed by atoms with van der Waals surface area (Å²) in [6, 6.07) is 4.32. The summed E-state index contributed by atoms with van der Waals surface area (Å²) >= 11 is 0. The van der Waals surface area contributed by atoms with Crippen molar-refractivity contribution in [3.05, 3.63) is 23.9 Å². The summed E-state index contributed by atoms with van der Waals surface area (Å²) in [6.45, 7) is 5.51. The van der Waals surface area contributed by atoms with Gasteiger partial charge in [0.25, 0.3) is 0 Å². The second-order valence-electron chi connectivity index (χ2n) is 7.47. The molecule has 2 unspecified atom stereocenters. The van der Waals surface area contributed by atoms with Crippen LogP contribution in [0.3, 0.4) is 0 Å². The van der Waals surface area contributed by atoms with E-state index in [-0.39, 0.29) is 0 Å². The minimum Gasteiger partial charge on any atom is -0.356 e. The van der Waals surface area contributed by atoms with Gasteiger partial charge in [0.05, 0.1) is 0 Å². The third-order valence-electron chi connectivity index (χ3n) is 5.46. The molecular formula is C18H27N3OS. The minimum atomic E-state index is -0.566. The van der Waals surface area contributed by atoms with Crippen molar-refractivity contribution in [2.75, 3.05) is 42.6 Å². The Balaban J connectivity index is 1.47. The molecule has 0 aliphatic carbocycles. The van der Waals surface area contributed by atoms with E-state index >= 15 is 0 Å².